The Balaban J connectivity index is 1.34. The summed E-state index contributed by atoms with van der Waals surface area (Å²) in [6.07, 6.45) is 3.72. The van der Waals surface area contributed by atoms with Crippen LogP contribution in [0.3, 0.4) is 0 Å². The maximum atomic E-state index is 14.3. The number of aliphatic hydroxyl groups is 1. The first-order valence-corrected chi connectivity index (χ1v) is 16.8. The van der Waals surface area contributed by atoms with E-state index in [1.165, 1.54) is 6.92 Å². The smallest absolute Gasteiger partial charge is 0.249 e. The zero-order valence-corrected chi connectivity index (χ0v) is 27.5. The molecule has 0 unspecified atom stereocenters. The molecule has 4 N–H and O–H groups in total. The third-order valence-electron chi connectivity index (χ3n) is 9.33. The van der Waals surface area contributed by atoms with Crippen LogP contribution in [-0.2, 0) is 33.8 Å². The Morgan fingerprint density at radius 2 is 1.66 bits per heavy atom. The second kappa shape index (κ2) is 16.1. The van der Waals surface area contributed by atoms with E-state index >= 15 is 0 Å². The fraction of sp³-hybridized carbons (Fsp3) is 0.447. The molecule has 9 heteroatoms. The highest BCUT2D eigenvalue weighted by molar-refractivity contribution is 5.96. The van der Waals surface area contributed by atoms with Crippen LogP contribution in [0, 0.1) is 5.92 Å². The lowest BCUT2D eigenvalue weighted by Crippen LogP contribution is -2.59. The summed E-state index contributed by atoms with van der Waals surface area (Å²) in [6, 6.07) is 26.1. The lowest BCUT2D eigenvalue weighted by Gasteiger charge is -2.33. The third-order valence-corrected chi connectivity index (χ3v) is 9.33. The van der Waals surface area contributed by atoms with Gasteiger partial charge in [0.15, 0.2) is 0 Å². The molecule has 0 spiro atoms. The van der Waals surface area contributed by atoms with Crippen molar-refractivity contribution in [2.24, 2.45) is 5.92 Å². The van der Waals surface area contributed by atoms with E-state index in [0.29, 0.717) is 51.1 Å². The summed E-state index contributed by atoms with van der Waals surface area (Å²) < 4.78 is 5.33. The minimum Gasteiger partial charge on any atom is -0.497 e. The quantitative estimate of drug-likeness (QED) is 0.178. The van der Waals surface area contributed by atoms with Crippen molar-refractivity contribution in [3.63, 3.8) is 0 Å². The van der Waals surface area contributed by atoms with Crippen LogP contribution in [-0.4, -0.2) is 71.7 Å². The number of likely N-dealkylation sites (tertiary alicyclic amines) is 1. The summed E-state index contributed by atoms with van der Waals surface area (Å²) in [6.45, 7) is 2.60. The standard InChI is InChI=1S/C38H48N4O5/c1-27(43)41-38(24-30-16-17-30)20-21-42(37(38)46)34(19-18-28-10-5-3-6-11-28)36(45)40-33(23-29-12-7-4-8-13-29)35(44)26-39-25-31-14-9-15-32(22-31)47-2/h3-15,22,30,33-35,39,44H,16-21,23-26H2,1-2H3,(H,40,45)(H,41,43)/t33-,34-,35-,38-/m0/s1. The first kappa shape index (κ1) is 34.1. The monoisotopic (exact) mass is 640 g/mol. The predicted molar refractivity (Wildman–Crippen MR) is 182 cm³/mol. The summed E-state index contributed by atoms with van der Waals surface area (Å²) in [5.74, 6) is 0.451. The molecule has 3 aromatic rings. The maximum Gasteiger partial charge on any atom is 0.249 e. The average molecular weight is 641 g/mol. The third kappa shape index (κ3) is 9.42. The summed E-state index contributed by atoms with van der Waals surface area (Å²) in [5.41, 5.74) is 2.09. The molecule has 47 heavy (non-hydrogen) atoms. The molecule has 3 amide bonds. The number of aliphatic hydroxyl groups excluding tert-OH is 1. The molecule has 1 saturated heterocycles. The van der Waals surface area contributed by atoms with Gasteiger partial charge in [-0.1, -0.05) is 85.6 Å². The van der Waals surface area contributed by atoms with Crippen molar-refractivity contribution in [2.75, 3.05) is 20.2 Å². The molecule has 1 aliphatic carbocycles. The second-order valence-corrected chi connectivity index (χ2v) is 13.1. The van der Waals surface area contributed by atoms with Crippen molar-refractivity contribution >= 4 is 17.7 Å². The predicted octanol–water partition coefficient (Wildman–Crippen LogP) is 3.78. The van der Waals surface area contributed by atoms with E-state index in [1.807, 2.05) is 84.9 Å². The van der Waals surface area contributed by atoms with E-state index in [2.05, 4.69) is 16.0 Å². The van der Waals surface area contributed by atoms with E-state index in [1.54, 1.807) is 12.0 Å². The molecule has 1 aliphatic heterocycles. The molecule has 2 aliphatic rings. The number of rotatable bonds is 17. The maximum absolute atomic E-state index is 14.3. The van der Waals surface area contributed by atoms with Crippen LogP contribution in [0.4, 0.5) is 0 Å². The fourth-order valence-electron chi connectivity index (χ4n) is 6.70. The topological polar surface area (TPSA) is 120 Å². The number of ether oxygens (including phenoxy) is 1. The molecule has 5 rings (SSSR count). The molecule has 2 fully saturated rings. The lowest BCUT2D eigenvalue weighted by molar-refractivity contribution is -0.143. The number of nitrogens with zero attached hydrogens (tertiary/aromatic N) is 1. The molecule has 1 heterocycles. The Bertz CT molecular complexity index is 1480. The minimum atomic E-state index is -0.981. The van der Waals surface area contributed by atoms with Gasteiger partial charge in [-0.15, -0.1) is 0 Å². The van der Waals surface area contributed by atoms with Crippen LogP contribution in [0.15, 0.2) is 84.9 Å². The number of methoxy groups -OCH3 is 1. The molecule has 0 bridgehead atoms. The van der Waals surface area contributed by atoms with Crippen LogP contribution in [0.2, 0.25) is 0 Å². The molecule has 3 aromatic carbocycles. The SMILES string of the molecule is COc1cccc(CNC[C@H](O)[C@H](Cc2ccccc2)NC(=O)[C@H](CCc2ccccc2)N2CC[C@@](CC3CC3)(NC(C)=O)C2=O)c1. The highest BCUT2D eigenvalue weighted by atomic mass is 16.5. The normalized spacial score (nSPS) is 19.6. The first-order valence-electron chi connectivity index (χ1n) is 16.8. The lowest BCUT2D eigenvalue weighted by atomic mass is 9.90. The zero-order chi connectivity index (χ0) is 33.2. The van der Waals surface area contributed by atoms with Crippen molar-refractivity contribution in [1.82, 2.24) is 20.9 Å². The zero-order valence-electron chi connectivity index (χ0n) is 27.5. The average Bonchev–Trinajstić information content (AvgIpc) is 3.84. The Hall–Kier alpha value is -4.21. The number of benzene rings is 3. The fourth-order valence-corrected chi connectivity index (χ4v) is 6.70. The van der Waals surface area contributed by atoms with Crippen molar-refractivity contribution < 1.29 is 24.2 Å². The van der Waals surface area contributed by atoms with E-state index in [0.717, 1.165) is 35.3 Å². The summed E-state index contributed by atoms with van der Waals surface area (Å²) in [5, 5.41) is 20.9. The van der Waals surface area contributed by atoms with E-state index in [9.17, 15) is 19.5 Å². The Morgan fingerprint density at radius 1 is 0.979 bits per heavy atom. The van der Waals surface area contributed by atoms with Crippen molar-refractivity contribution in [3.05, 3.63) is 102 Å². The van der Waals surface area contributed by atoms with Crippen molar-refractivity contribution in [1.29, 1.82) is 0 Å². The first-order chi connectivity index (χ1) is 22.8. The number of nitrogens with one attached hydrogen (secondary N) is 3. The molecular weight excluding hydrogens is 592 g/mol. The van der Waals surface area contributed by atoms with Gasteiger partial charge in [0.1, 0.15) is 17.3 Å². The number of hydrogen-bond donors (Lipinski definition) is 4. The molecule has 1 saturated carbocycles. The van der Waals surface area contributed by atoms with Crippen LogP contribution in [0.1, 0.15) is 55.7 Å². The minimum absolute atomic E-state index is 0.187. The van der Waals surface area contributed by atoms with Crippen molar-refractivity contribution in [2.45, 2.75) is 82.1 Å². The molecule has 250 valence electrons. The van der Waals surface area contributed by atoms with E-state index < -0.39 is 23.7 Å². The summed E-state index contributed by atoms with van der Waals surface area (Å²) in [4.78, 5) is 42.4. The van der Waals surface area contributed by atoms with Gasteiger partial charge >= 0.3 is 0 Å². The summed E-state index contributed by atoms with van der Waals surface area (Å²) in [7, 11) is 1.63. The number of carbonyl (C=O) groups excluding carboxylic acids is 3. The molecule has 0 aromatic heterocycles. The van der Waals surface area contributed by atoms with Crippen LogP contribution in [0.25, 0.3) is 0 Å². The number of amides is 3. The largest absolute Gasteiger partial charge is 0.497 e. The van der Waals surface area contributed by atoms with Gasteiger partial charge in [-0.25, -0.2) is 0 Å². The van der Waals surface area contributed by atoms with Gasteiger partial charge in [0, 0.05) is 26.6 Å². The van der Waals surface area contributed by atoms with Gasteiger partial charge in [-0.05, 0) is 66.8 Å². The van der Waals surface area contributed by atoms with Crippen LogP contribution >= 0.6 is 0 Å². The molecule has 0 radical (unpaired) electrons. The van der Waals surface area contributed by atoms with Gasteiger partial charge in [-0.3, -0.25) is 14.4 Å². The molecular formula is C38H48N4O5. The molecule has 4 atom stereocenters. The number of aryl methyl sites for hydroxylation is 1. The van der Waals surface area contributed by atoms with Crippen LogP contribution < -0.4 is 20.7 Å². The summed E-state index contributed by atoms with van der Waals surface area (Å²) >= 11 is 0. The second-order valence-electron chi connectivity index (χ2n) is 13.1. The Kier molecular flexibility index (Phi) is 11.7. The van der Waals surface area contributed by atoms with Gasteiger partial charge in [0.05, 0.1) is 19.3 Å². The van der Waals surface area contributed by atoms with E-state index in [4.69, 9.17) is 4.74 Å². The number of hydrogen-bond acceptors (Lipinski definition) is 6. The Morgan fingerprint density at radius 3 is 2.32 bits per heavy atom. The van der Waals surface area contributed by atoms with Crippen LogP contribution in [0.5, 0.6) is 5.75 Å². The van der Waals surface area contributed by atoms with Gasteiger partial charge < -0.3 is 30.7 Å². The van der Waals surface area contributed by atoms with Gasteiger partial charge in [0.2, 0.25) is 17.7 Å². The van der Waals surface area contributed by atoms with Gasteiger partial charge in [-0.2, -0.15) is 0 Å². The van der Waals surface area contributed by atoms with Crippen molar-refractivity contribution in [3.8, 4) is 5.75 Å². The van der Waals surface area contributed by atoms with Gasteiger partial charge in [0.25, 0.3) is 0 Å². The molecule has 9 nitrogen and oxygen atoms in total. The van der Waals surface area contributed by atoms with E-state index in [-0.39, 0.29) is 24.3 Å². The highest BCUT2D eigenvalue weighted by Crippen LogP contribution is 2.41. The highest BCUT2D eigenvalue weighted by Gasteiger charge is 2.52. The Labute approximate surface area is 278 Å². The number of carbonyl (C=O) groups is 3.